The maximum absolute atomic E-state index is 6.16. The van der Waals surface area contributed by atoms with E-state index in [4.69, 9.17) is 10.5 Å². The Labute approximate surface area is 116 Å². The maximum atomic E-state index is 6.16. The number of methoxy groups -OCH3 is 1. The molecule has 0 saturated carbocycles. The van der Waals surface area contributed by atoms with Gasteiger partial charge < -0.3 is 10.5 Å². The van der Waals surface area contributed by atoms with E-state index in [1.807, 2.05) is 37.4 Å². The smallest absolute Gasteiger partial charge is 0.129 e. The molecule has 3 aromatic rings. The molecule has 0 aliphatic rings. The third-order valence-corrected chi connectivity index (χ3v) is 3.21. The molecular formula is C14H15N5O. The van der Waals surface area contributed by atoms with Crippen LogP contribution in [0.25, 0.3) is 22.5 Å². The molecule has 3 N–H and O–H groups in total. The number of benzene rings is 1. The quantitative estimate of drug-likeness (QED) is 0.762. The van der Waals surface area contributed by atoms with E-state index >= 15 is 0 Å². The number of aromatic amines is 1. The molecule has 2 aromatic heterocycles. The Morgan fingerprint density at radius 2 is 2.15 bits per heavy atom. The van der Waals surface area contributed by atoms with Crippen LogP contribution in [0.2, 0.25) is 0 Å². The average Bonchev–Trinajstić information content (AvgIpc) is 3.08. The summed E-state index contributed by atoms with van der Waals surface area (Å²) in [6.45, 7) is 0. The standard InChI is InChI=1S/C14H15N5O/c1-19-14(15)12(9-4-3-5-10(8-9)20-2)13(18-19)11-6-7-16-17-11/h3-8H,15H2,1-2H3,(H,16,17). The lowest BCUT2D eigenvalue weighted by Crippen LogP contribution is -1.98. The Morgan fingerprint density at radius 1 is 1.30 bits per heavy atom. The number of aryl methyl sites for hydroxylation is 1. The van der Waals surface area contributed by atoms with E-state index < -0.39 is 0 Å². The number of hydrogen-bond donors (Lipinski definition) is 2. The number of nitrogens with one attached hydrogen (secondary N) is 1. The van der Waals surface area contributed by atoms with Crippen molar-refractivity contribution in [2.45, 2.75) is 0 Å². The number of H-pyrrole nitrogens is 1. The van der Waals surface area contributed by atoms with Gasteiger partial charge >= 0.3 is 0 Å². The molecule has 0 amide bonds. The lowest BCUT2D eigenvalue weighted by molar-refractivity contribution is 0.415. The van der Waals surface area contributed by atoms with Gasteiger partial charge in [-0.25, -0.2) is 0 Å². The van der Waals surface area contributed by atoms with E-state index in [9.17, 15) is 0 Å². The molecule has 1 aromatic carbocycles. The second kappa shape index (κ2) is 4.73. The third kappa shape index (κ3) is 1.91. The molecule has 0 spiro atoms. The Balaban J connectivity index is 2.22. The van der Waals surface area contributed by atoms with Crippen LogP contribution in [0.4, 0.5) is 5.82 Å². The summed E-state index contributed by atoms with van der Waals surface area (Å²) in [7, 11) is 3.46. The molecule has 0 saturated heterocycles. The van der Waals surface area contributed by atoms with Crippen LogP contribution >= 0.6 is 0 Å². The van der Waals surface area contributed by atoms with Gasteiger partial charge in [-0.3, -0.25) is 9.78 Å². The van der Waals surface area contributed by atoms with Crippen LogP contribution < -0.4 is 10.5 Å². The summed E-state index contributed by atoms with van der Waals surface area (Å²) in [5.74, 6) is 1.38. The molecule has 0 aliphatic carbocycles. The van der Waals surface area contributed by atoms with Crippen molar-refractivity contribution in [1.82, 2.24) is 20.0 Å². The summed E-state index contributed by atoms with van der Waals surface area (Å²) < 4.78 is 6.92. The van der Waals surface area contributed by atoms with E-state index in [2.05, 4.69) is 15.3 Å². The fraction of sp³-hybridized carbons (Fsp3) is 0.143. The summed E-state index contributed by atoms with van der Waals surface area (Å²) in [6.07, 6.45) is 1.69. The highest BCUT2D eigenvalue weighted by Gasteiger charge is 2.18. The van der Waals surface area contributed by atoms with E-state index in [1.165, 1.54) is 0 Å². The molecule has 2 heterocycles. The highest BCUT2D eigenvalue weighted by atomic mass is 16.5. The molecule has 20 heavy (non-hydrogen) atoms. The molecule has 0 fully saturated rings. The number of aromatic nitrogens is 4. The molecule has 0 bridgehead atoms. The highest BCUT2D eigenvalue weighted by Crippen LogP contribution is 2.36. The van der Waals surface area contributed by atoms with Gasteiger partial charge in [0.2, 0.25) is 0 Å². The molecule has 102 valence electrons. The third-order valence-electron chi connectivity index (χ3n) is 3.21. The van der Waals surface area contributed by atoms with Gasteiger partial charge in [0.15, 0.2) is 0 Å². The molecular weight excluding hydrogens is 254 g/mol. The summed E-state index contributed by atoms with van der Waals surface area (Å²) in [5, 5.41) is 11.4. The first-order valence-corrected chi connectivity index (χ1v) is 6.17. The molecule has 6 nitrogen and oxygen atoms in total. The summed E-state index contributed by atoms with van der Waals surface area (Å²) in [5.41, 5.74) is 9.59. The van der Waals surface area contributed by atoms with Crippen molar-refractivity contribution < 1.29 is 4.74 Å². The highest BCUT2D eigenvalue weighted by molar-refractivity contribution is 5.87. The van der Waals surface area contributed by atoms with E-state index in [1.54, 1.807) is 18.0 Å². The Morgan fingerprint density at radius 3 is 2.85 bits per heavy atom. The van der Waals surface area contributed by atoms with Crippen molar-refractivity contribution >= 4 is 5.82 Å². The SMILES string of the molecule is COc1cccc(-c2c(-c3ccn[nH]3)nn(C)c2N)c1. The number of anilines is 1. The first-order chi connectivity index (χ1) is 9.70. The topological polar surface area (TPSA) is 81.8 Å². The van der Waals surface area contributed by atoms with Crippen molar-refractivity contribution in [1.29, 1.82) is 0 Å². The number of hydrogen-bond acceptors (Lipinski definition) is 4. The van der Waals surface area contributed by atoms with Gasteiger partial charge in [-0.2, -0.15) is 10.2 Å². The van der Waals surface area contributed by atoms with Crippen LogP contribution in [-0.2, 0) is 7.05 Å². The van der Waals surface area contributed by atoms with Crippen molar-refractivity contribution in [3.05, 3.63) is 36.5 Å². The van der Waals surface area contributed by atoms with Crippen molar-refractivity contribution in [3.63, 3.8) is 0 Å². The molecule has 0 atom stereocenters. The van der Waals surface area contributed by atoms with Gasteiger partial charge in [0.05, 0.1) is 18.4 Å². The summed E-state index contributed by atoms with van der Waals surface area (Å²) in [4.78, 5) is 0. The fourth-order valence-electron chi connectivity index (χ4n) is 2.18. The van der Waals surface area contributed by atoms with Crippen LogP contribution in [0.5, 0.6) is 5.75 Å². The largest absolute Gasteiger partial charge is 0.497 e. The molecule has 0 aliphatic heterocycles. The Hall–Kier alpha value is -2.76. The first kappa shape index (κ1) is 12.3. The number of nitrogens with zero attached hydrogens (tertiary/aromatic N) is 3. The fourth-order valence-corrected chi connectivity index (χ4v) is 2.18. The lowest BCUT2D eigenvalue weighted by atomic mass is 10.0. The van der Waals surface area contributed by atoms with E-state index in [0.717, 1.165) is 28.3 Å². The minimum Gasteiger partial charge on any atom is -0.497 e. The first-order valence-electron chi connectivity index (χ1n) is 6.17. The van der Waals surface area contributed by atoms with Gasteiger partial charge in [-0.05, 0) is 23.8 Å². The van der Waals surface area contributed by atoms with Gasteiger partial charge in [0.25, 0.3) is 0 Å². The molecule has 6 heteroatoms. The molecule has 3 rings (SSSR count). The van der Waals surface area contributed by atoms with Gasteiger partial charge in [0.1, 0.15) is 17.3 Å². The Bertz CT molecular complexity index is 730. The normalized spacial score (nSPS) is 10.7. The summed E-state index contributed by atoms with van der Waals surface area (Å²) >= 11 is 0. The van der Waals surface area contributed by atoms with Crippen molar-refractivity contribution in [2.75, 3.05) is 12.8 Å². The van der Waals surface area contributed by atoms with Crippen LogP contribution in [0.1, 0.15) is 0 Å². The van der Waals surface area contributed by atoms with Crippen molar-refractivity contribution in [2.24, 2.45) is 7.05 Å². The monoisotopic (exact) mass is 269 g/mol. The maximum Gasteiger partial charge on any atom is 0.129 e. The van der Waals surface area contributed by atoms with Crippen LogP contribution in [0.15, 0.2) is 36.5 Å². The lowest BCUT2D eigenvalue weighted by Gasteiger charge is -2.05. The molecule has 0 unspecified atom stereocenters. The number of nitrogen functional groups attached to an aromatic ring is 1. The molecule has 0 radical (unpaired) electrons. The number of ether oxygens (including phenoxy) is 1. The predicted molar refractivity (Wildman–Crippen MR) is 77.2 cm³/mol. The second-order valence-electron chi connectivity index (χ2n) is 4.43. The Kier molecular flexibility index (Phi) is 2.90. The minimum atomic E-state index is 0.600. The number of nitrogens with two attached hydrogens (primary N) is 1. The second-order valence-corrected chi connectivity index (χ2v) is 4.43. The van der Waals surface area contributed by atoms with Crippen LogP contribution in [0, 0.1) is 0 Å². The zero-order valence-corrected chi connectivity index (χ0v) is 11.3. The van der Waals surface area contributed by atoms with Gasteiger partial charge in [-0.1, -0.05) is 12.1 Å². The van der Waals surface area contributed by atoms with E-state index in [0.29, 0.717) is 5.82 Å². The van der Waals surface area contributed by atoms with Crippen LogP contribution in [0.3, 0.4) is 0 Å². The van der Waals surface area contributed by atoms with Gasteiger partial charge in [0, 0.05) is 13.2 Å². The van der Waals surface area contributed by atoms with Gasteiger partial charge in [-0.15, -0.1) is 0 Å². The van der Waals surface area contributed by atoms with Crippen molar-refractivity contribution in [3.8, 4) is 28.3 Å². The number of rotatable bonds is 3. The summed E-state index contributed by atoms with van der Waals surface area (Å²) in [6, 6.07) is 9.61. The average molecular weight is 269 g/mol. The predicted octanol–water partition coefficient (Wildman–Crippen LogP) is 2.07. The minimum absolute atomic E-state index is 0.600. The zero-order valence-electron chi connectivity index (χ0n) is 11.3. The van der Waals surface area contributed by atoms with E-state index in [-0.39, 0.29) is 0 Å². The van der Waals surface area contributed by atoms with Crippen LogP contribution in [-0.4, -0.2) is 27.1 Å². The zero-order chi connectivity index (χ0) is 14.1.